The highest BCUT2D eigenvalue weighted by Gasteiger charge is 2.20. The SMILES string of the molecule is FC(F)CN1CCc2ncc(Nc3ncc4c(n3)CNCC4)cc2C1. The molecule has 0 saturated carbocycles. The standard InChI is InChI=1S/C17H20F2N6/c18-16(19)10-25-4-2-14-12(9-25)5-13(7-21-14)23-17-22-6-11-1-3-20-8-15(11)24-17/h5-7,16,20H,1-4,8-10H2,(H,22,23,24). The van der Waals surface area contributed by atoms with Crippen molar-refractivity contribution in [1.82, 2.24) is 25.2 Å². The minimum atomic E-state index is -2.31. The predicted molar refractivity (Wildman–Crippen MR) is 89.9 cm³/mol. The van der Waals surface area contributed by atoms with Gasteiger partial charge in [-0.1, -0.05) is 0 Å². The Balaban J connectivity index is 1.50. The molecule has 2 N–H and O–H groups in total. The third-order valence-corrected chi connectivity index (χ3v) is 4.59. The number of alkyl halides is 2. The summed E-state index contributed by atoms with van der Waals surface area (Å²) in [6.45, 7) is 2.62. The monoisotopic (exact) mass is 346 g/mol. The molecule has 0 unspecified atom stereocenters. The van der Waals surface area contributed by atoms with E-state index >= 15 is 0 Å². The molecule has 0 aliphatic carbocycles. The van der Waals surface area contributed by atoms with Gasteiger partial charge in [0.15, 0.2) is 0 Å². The number of aromatic nitrogens is 3. The van der Waals surface area contributed by atoms with Crippen molar-refractivity contribution in [3.63, 3.8) is 0 Å². The molecule has 4 rings (SSSR count). The summed E-state index contributed by atoms with van der Waals surface area (Å²) in [5.41, 5.74) is 4.93. The van der Waals surface area contributed by atoms with Crippen LogP contribution >= 0.6 is 0 Å². The van der Waals surface area contributed by atoms with Crippen molar-refractivity contribution in [2.75, 3.05) is 25.0 Å². The molecule has 2 aromatic rings. The summed E-state index contributed by atoms with van der Waals surface area (Å²) in [5, 5.41) is 6.48. The van der Waals surface area contributed by atoms with Crippen LogP contribution in [0.5, 0.6) is 0 Å². The fraction of sp³-hybridized carbons (Fsp3) is 0.471. The fourth-order valence-corrected chi connectivity index (χ4v) is 3.33. The molecule has 0 aromatic carbocycles. The van der Waals surface area contributed by atoms with Crippen LogP contribution in [0, 0.1) is 0 Å². The number of rotatable bonds is 4. The van der Waals surface area contributed by atoms with Gasteiger partial charge >= 0.3 is 0 Å². The average molecular weight is 346 g/mol. The normalized spacial score (nSPS) is 17.2. The van der Waals surface area contributed by atoms with E-state index in [4.69, 9.17) is 0 Å². The van der Waals surface area contributed by atoms with Crippen LogP contribution in [0.4, 0.5) is 20.4 Å². The average Bonchev–Trinajstić information content (AvgIpc) is 2.61. The summed E-state index contributed by atoms with van der Waals surface area (Å²) >= 11 is 0. The van der Waals surface area contributed by atoms with E-state index in [0.29, 0.717) is 25.5 Å². The van der Waals surface area contributed by atoms with Crippen LogP contribution in [0.15, 0.2) is 18.5 Å². The Bertz CT molecular complexity index is 767. The lowest BCUT2D eigenvalue weighted by molar-refractivity contribution is 0.0817. The largest absolute Gasteiger partial charge is 0.323 e. The van der Waals surface area contributed by atoms with E-state index < -0.39 is 6.43 Å². The lowest BCUT2D eigenvalue weighted by atomic mass is 10.1. The van der Waals surface area contributed by atoms with E-state index in [9.17, 15) is 8.78 Å². The number of anilines is 2. The van der Waals surface area contributed by atoms with Gasteiger partial charge in [0.25, 0.3) is 6.43 Å². The van der Waals surface area contributed by atoms with E-state index in [0.717, 1.165) is 42.1 Å². The van der Waals surface area contributed by atoms with Gasteiger partial charge in [0, 0.05) is 37.9 Å². The quantitative estimate of drug-likeness (QED) is 0.881. The smallest absolute Gasteiger partial charge is 0.251 e. The Morgan fingerprint density at radius 2 is 2.08 bits per heavy atom. The number of nitrogens with zero attached hydrogens (tertiary/aromatic N) is 4. The third kappa shape index (κ3) is 3.74. The van der Waals surface area contributed by atoms with Crippen LogP contribution in [0.25, 0.3) is 0 Å². The number of nitrogens with one attached hydrogen (secondary N) is 2. The van der Waals surface area contributed by atoms with Crippen LogP contribution in [0.3, 0.4) is 0 Å². The van der Waals surface area contributed by atoms with E-state index in [1.54, 1.807) is 11.1 Å². The number of pyridine rings is 1. The molecule has 4 heterocycles. The summed E-state index contributed by atoms with van der Waals surface area (Å²) in [7, 11) is 0. The van der Waals surface area contributed by atoms with Gasteiger partial charge < -0.3 is 10.6 Å². The molecule has 2 aliphatic heterocycles. The minimum absolute atomic E-state index is 0.196. The van der Waals surface area contributed by atoms with E-state index in [2.05, 4.69) is 25.6 Å². The van der Waals surface area contributed by atoms with Crippen LogP contribution in [-0.4, -0.2) is 45.9 Å². The summed E-state index contributed by atoms with van der Waals surface area (Å²) < 4.78 is 25.2. The highest BCUT2D eigenvalue weighted by molar-refractivity contribution is 5.54. The number of hydrogen-bond acceptors (Lipinski definition) is 6. The molecule has 6 nitrogen and oxygen atoms in total. The first-order chi connectivity index (χ1) is 12.2. The molecule has 132 valence electrons. The number of fused-ring (bicyclic) bond motifs is 2. The maximum atomic E-state index is 12.6. The number of hydrogen-bond donors (Lipinski definition) is 2. The van der Waals surface area contributed by atoms with Gasteiger partial charge in [-0.15, -0.1) is 0 Å². The maximum Gasteiger partial charge on any atom is 0.251 e. The van der Waals surface area contributed by atoms with Crippen molar-refractivity contribution in [2.45, 2.75) is 32.4 Å². The van der Waals surface area contributed by atoms with Gasteiger partial charge in [-0.25, -0.2) is 18.7 Å². The Morgan fingerprint density at radius 1 is 1.16 bits per heavy atom. The zero-order chi connectivity index (χ0) is 17.2. The van der Waals surface area contributed by atoms with E-state index in [-0.39, 0.29) is 6.54 Å². The molecule has 2 aliphatic rings. The molecule has 8 heteroatoms. The lowest BCUT2D eigenvalue weighted by Gasteiger charge is -2.28. The van der Waals surface area contributed by atoms with Gasteiger partial charge in [0.1, 0.15) is 0 Å². The topological polar surface area (TPSA) is 66.0 Å². The molecular weight excluding hydrogens is 326 g/mol. The first-order valence-corrected chi connectivity index (χ1v) is 8.48. The molecule has 0 bridgehead atoms. The Morgan fingerprint density at radius 3 is 2.96 bits per heavy atom. The zero-order valence-electron chi connectivity index (χ0n) is 13.8. The fourth-order valence-electron chi connectivity index (χ4n) is 3.33. The first kappa shape index (κ1) is 16.3. The second-order valence-electron chi connectivity index (χ2n) is 6.42. The molecule has 0 radical (unpaired) electrons. The highest BCUT2D eigenvalue weighted by Crippen LogP contribution is 2.23. The van der Waals surface area contributed by atoms with Crippen molar-refractivity contribution in [3.05, 3.63) is 41.0 Å². The molecule has 2 aromatic heterocycles. The van der Waals surface area contributed by atoms with Crippen LogP contribution in [-0.2, 0) is 25.9 Å². The Hall–Kier alpha value is -2.19. The first-order valence-electron chi connectivity index (χ1n) is 8.48. The van der Waals surface area contributed by atoms with Crippen LogP contribution in [0.2, 0.25) is 0 Å². The maximum absolute atomic E-state index is 12.6. The van der Waals surface area contributed by atoms with Crippen molar-refractivity contribution in [1.29, 1.82) is 0 Å². The summed E-state index contributed by atoms with van der Waals surface area (Å²) in [5.74, 6) is 0.532. The second kappa shape index (κ2) is 6.97. The van der Waals surface area contributed by atoms with Gasteiger partial charge in [0.05, 0.1) is 24.1 Å². The summed E-state index contributed by atoms with van der Waals surface area (Å²) in [4.78, 5) is 15.2. The second-order valence-corrected chi connectivity index (χ2v) is 6.42. The predicted octanol–water partition coefficient (Wildman–Crippen LogP) is 1.88. The van der Waals surface area contributed by atoms with Crippen molar-refractivity contribution in [2.24, 2.45) is 0 Å². The van der Waals surface area contributed by atoms with Gasteiger partial charge in [-0.3, -0.25) is 9.88 Å². The van der Waals surface area contributed by atoms with Gasteiger partial charge in [-0.2, -0.15) is 0 Å². The molecule has 0 spiro atoms. The van der Waals surface area contributed by atoms with Crippen LogP contribution in [0.1, 0.15) is 22.5 Å². The number of halogens is 2. The van der Waals surface area contributed by atoms with Crippen molar-refractivity contribution < 1.29 is 8.78 Å². The molecule has 25 heavy (non-hydrogen) atoms. The highest BCUT2D eigenvalue weighted by atomic mass is 19.3. The zero-order valence-corrected chi connectivity index (χ0v) is 13.8. The molecular formula is C17H20F2N6. The minimum Gasteiger partial charge on any atom is -0.323 e. The van der Waals surface area contributed by atoms with Crippen molar-refractivity contribution in [3.8, 4) is 0 Å². The Labute approximate surface area is 144 Å². The van der Waals surface area contributed by atoms with E-state index in [1.165, 1.54) is 5.56 Å². The van der Waals surface area contributed by atoms with Gasteiger partial charge in [0.2, 0.25) is 5.95 Å². The third-order valence-electron chi connectivity index (χ3n) is 4.59. The molecule has 0 fully saturated rings. The summed E-state index contributed by atoms with van der Waals surface area (Å²) in [6, 6.07) is 1.96. The van der Waals surface area contributed by atoms with Crippen LogP contribution < -0.4 is 10.6 Å². The summed E-state index contributed by atoms with van der Waals surface area (Å²) in [6.07, 6.45) is 2.94. The van der Waals surface area contributed by atoms with Crippen molar-refractivity contribution >= 4 is 11.6 Å². The lowest BCUT2D eigenvalue weighted by Crippen LogP contribution is -2.34. The van der Waals surface area contributed by atoms with E-state index in [1.807, 2.05) is 12.3 Å². The molecule has 0 amide bonds. The molecule has 0 atom stereocenters. The Kier molecular flexibility index (Phi) is 4.54. The molecule has 0 saturated heterocycles. The van der Waals surface area contributed by atoms with Gasteiger partial charge in [-0.05, 0) is 30.2 Å².